The average Bonchev–Trinajstić information content (AvgIpc) is 2.37. The summed E-state index contributed by atoms with van der Waals surface area (Å²) in [5.41, 5.74) is 0.754. The molecule has 1 amide bonds. The van der Waals surface area contributed by atoms with Crippen LogP contribution in [0, 0.1) is 0 Å². The highest BCUT2D eigenvalue weighted by Crippen LogP contribution is 2.31. The summed E-state index contributed by atoms with van der Waals surface area (Å²) < 4.78 is 5.45. The van der Waals surface area contributed by atoms with Crippen LogP contribution >= 0.6 is 11.8 Å². The molecule has 0 unspecified atom stereocenters. The quantitative estimate of drug-likeness (QED) is 0.888. The van der Waals surface area contributed by atoms with Crippen LogP contribution in [0.5, 0.6) is 5.75 Å². The molecule has 1 heterocycles. The van der Waals surface area contributed by atoms with Crippen LogP contribution in [0.1, 0.15) is 0 Å². The van der Waals surface area contributed by atoms with Gasteiger partial charge in [0.25, 0.3) is 0 Å². The van der Waals surface area contributed by atoms with Gasteiger partial charge in [0, 0.05) is 0 Å². The number of ether oxygens (including phenoxy) is 1. The molecule has 0 aliphatic carbocycles. The third kappa shape index (κ3) is 2.95. The van der Waals surface area contributed by atoms with Crippen molar-refractivity contribution in [2.24, 2.45) is 0 Å². The minimum atomic E-state index is -0.907. The molecule has 0 saturated heterocycles. The van der Waals surface area contributed by atoms with E-state index in [4.69, 9.17) is 9.84 Å². The van der Waals surface area contributed by atoms with Crippen molar-refractivity contribution in [2.45, 2.75) is 0 Å². The Bertz CT molecular complexity index is 463. The summed E-state index contributed by atoms with van der Waals surface area (Å²) in [6.45, 7) is 0.968. The van der Waals surface area contributed by atoms with E-state index in [1.807, 2.05) is 24.3 Å². The maximum atomic E-state index is 12.0. The van der Waals surface area contributed by atoms with Crippen molar-refractivity contribution in [3.05, 3.63) is 24.3 Å². The van der Waals surface area contributed by atoms with E-state index >= 15 is 0 Å². The number of fused-ring (bicyclic) bond motifs is 1. The lowest BCUT2D eigenvalue weighted by Crippen LogP contribution is -2.39. The molecule has 96 valence electrons. The lowest BCUT2D eigenvalue weighted by Gasteiger charge is -2.29. The van der Waals surface area contributed by atoms with E-state index in [1.54, 1.807) is 4.90 Å². The van der Waals surface area contributed by atoms with Gasteiger partial charge in [-0.25, -0.2) is 0 Å². The number of nitrogens with zero attached hydrogens (tertiary/aromatic N) is 1. The van der Waals surface area contributed by atoms with Crippen molar-refractivity contribution < 1.29 is 19.4 Å². The molecule has 18 heavy (non-hydrogen) atoms. The van der Waals surface area contributed by atoms with Crippen molar-refractivity contribution in [3.63, 3.8) is 0 Å². The Kier molecular flexibility index (Phi) is 4.09. The molecule has 0 atom stereocenters. The molecule has 1 aromatic carbocycles. The minimum absolute atomic E-state index is 0.0578. The summed E-state index contributed by atoms with van der Waals surface area (Å²) in [6, 6.07) is 7.34. The standard InChI is InChI=1S/C12H13NO4S/c14-11(7-18-8-12(15)16)13-5-6-17-10-4-2-1-3-9(10)13/h1-4H,5-8H2,(H,15,16). The van der Waals surface area contributed by atoms with Gasteiger partial charge in [0.1, 0.15) is 12.4 Å². The van der Waals surface area contributed by atoms with Crippen LogP contribution in [0.4, 0.5) is 5.69 Å². The third-order valence-corrected chi connectivity index (χ3v) is 3.38. The summed E-state index contributed by atoms with van der Waals surface area (Å²) in [4.78, 5) is 24.0. The molecule has 0 bridgehead atoms. The second kappa shape index (κ2) is 5.77. The van der Waals surface area contributed by atoms with Crippen LogP contribution in [-0.2, 0) is 9.59 Å². The maximum Gasteiger partial charge on any atom is 0.313 e. The monoisotopic (exact) mass is 267 g/mol. The topological polar surface area (TPSA) is 66.8 Å². The minimum Gasteiger partial charge on any atom is -0.490 e. The second-order valence-electron chi connectivity index (χ2n) is 3.75. The van der Waals surface area contributed by atoms with Crippen LogP contribution in [0.15, 0.2) is 24.3 Å². The van der Waals surface area contributed by atoms with Gasteiger partial charge in [-0.1, -0.05) is 12.1 Å². The molecule has 6 heteroatoms. The number of hydrogen-bond acceptors (Lipinski definition) is 4. The molecule has 0 fully saturated rings. The summed E-state index contributed by atoms with van der Waals surface area (Å²) in [5, 5.41) is 8.53. The van der Waals surface area contributed by atoms with Gasteiger partial charge in [-0.2, -0.15) is 0 Å². The van der Waals surface area contributed by atoms with E-state index in [0.717, 1.165) is 17.4 Å². The third-order valence-electron chi connectivity index (χ3n) is 2.48. The number of hydrogen-bond donors (Lipinski definition) is 1. The van der Waals surface area contributed by atoms with Crippen LogP contribution in [0.2, 0.25) is 0 Å². The SMILES string of the molecule is O=C(O)CSCC(=O)N1CCOc2ccccc21. The molecule has 1 aliphatic rings. The van der Waals surface area contributed by atoms with Gasteiger partial charge in [-0.15, -0.1) is 11.8 Å². The summed E-state index contributed by atoms with van der Waals surface area (Å²) in [5.74, 6) is -0.189. The Morgan fingerprint density at radius 2 is 2.11 bits per heavy atom. The number of carbonyl (C=O) groups is 2. The second-order valence-corrected chi connectivity index (χ2v) is 4.73. The molecule has 2 rings (SSSR count). The van der Waals surface area contributed by atoms with E-state index in [2.05, 4.69) is 0 Å². The Hall–Kier alpha value is -1.69. The molecular weight excluding hydrogens is 254 g/mol. The number of benzene rings is 1. The Morgan fingerprint density at radius 1 is 1.33 bits per heavy atom. The number of rotatable bonds is 4. The summed E-state index contributed by atoms with van der Waals surface area (Å²) >= 11 is 1.11. The predicted octanol–water partition coefficient (Wildman–Crippen LogP) is 1.23. The van der Waals surface area contributed by atoms with Gasteiger partial charge in [0.2, 0.25) is 5.91 Å². The van der Waals surface area contributed by atoms with Crippen molar-refractivity contribution in [3.8, 4) is 5.75 Å². The fourth-order valence-electron chi connectivity index (χ4n) is 1.73. The fourth-order valence-corrected chi connectivity index (χ4v) is 2.34. The average molecular weight is 267 g/mol. The molecular formula is C12H13NO4S. The van der Waals surface area contributed by atoms with E-state index in [-0.39, 0.29) is 17.4 Å². The van der Waals surface area contributed by atoms with Gasteiger partial charge in [-0.05, 0) is 12.1 Å². The van der Waals surface area contributed by atoms with Gasteiger partial charge < -0.3 is 14.7 Å². The van der Waals surface area contributed by atoms with Gasteiger partial charge in [0.15, 0.2) is 0 Å². The highest BCUT2D eigenvalue weighted by molar-refractivity contribution is 8.00. The molecule has 0 spiro atoms. The Balaban J connectivity index is 2.01. The van der Waals surface area contributed by atoms with Crippen LogP contribution in [0.25, 0.3) is 0 Å². The number of amides is 1. The van der Waals surface area contributed by atoms with E-state index in [0.29, 0.717) is 18.9 Å². The fraction of sp³-hybridized carbons (Fsp3) is 0.333. The smallest absolute Gasteiger partial charge is 0.313 e. The first-order chi connectivity index (χ1) is 8.68. The molecule has 1 aliphatic heterocycles. The highest BCUT2D eigenvalue weighted by atomic mass is 32.2. The molecule has 1 aromatic rings. The van der Waals surface area contributed by atoms with Crippen molar-refractivity contribution >= 4 is 29.3 Å². The van der Waals surface area contributed by atoms with E-state index < -0.39 is 5.97 Å². The highest BCUT2D eigenvalue weighted by Gasteiger charge is 2.22. The zero-order valence-corrected chi connectivity index (χ0v) is 10.5. The number of thioether (sulfide) groups is 1. The zero-order valence-electron chi connectivity index (χ0n) is 9.67. The number of anilines is 1. The Labute approximate surface area is 109 Å². The molecule has 0 aromatic heterocycles. The summed E-state index contributed by atoms with van der Waals surface area (Å²) in [7, 11) is 0. The number of carboxylic acids is 1. The van der Waals surface area contributed by atoms with Crippen molar-refractivity contribution in [2.75, 3.05) is 29.6 Å². The maximum absolute atomic E-state index is 12.0. The number of carboxylic acid groups (broad SMARTS) is 1. The van der Waals surface area contributed by atoms with Crippen LogP contribution in [-0.4, -0.2) is 41.6 Å². The summed E-state index contributed by atoms with van der Waals surface area (Å²) in [6.07, 6.45) is 0. The normalized spacial score (nSPS) is 13.7. The molecule has 5 nitrogen and oxygen atoms in total. The van der Waals surface area contributed by atoms with Crippen molar-refractivity contribution in [1.82, 2.24) is 0 Å². The lowest BCUT2D eigenvalue weighted by atomic mass is 10.2. The molecule has 0 saturated carbocycles. The van der Waals surface area contributed by atoms with Crippen LogP contribution < -0.4 is 9.64 Å². The number of aliphatic carboxylic acids is 1. The first kappa shape index (κ1) is 12.8. The first-order valence-electron chi connectivity index (χ1n) is 5.50. The van der Waals surface area contributed by atoms with Gasteiger partial charge in [0.05, 0.1) is 23.7 Å². The first-order valence-corrected chi connectivity index (χ1v) is 6.65. The lowest BCUT2D eigenvalue weighted by molar-refractivity contribution is -0.133. The van der Waals surface area contributed by atoms with E-state index in [1.165, 1.54) is 0 Å². The van der Waals surface area contributed by atoms with Crippen molar-refractivity contribution in [1.29, 1.82) is 0 Å². The zero-order chi connectivity index (χ0) is 13.0. The number of para-hydroxylation sites is 2. The van der Waals surface area contributed by atoms with Gasteiger partial charge >= 0.3 is 5.97 Å². The predicted molar refractivity (Wildman–Crippen MR) is 69.3 cm³/mol. The molecule has 1 N–H and O–H groups in total. The van der Waals surface area contributed by atoms with E-state index in [9.17, 15) is 9.59 Å². The van der Waals surface area contributed by atoms with Crippen LogP contribution in [0.3, 0.4) is 0 Å². The number of carbonyl (C=O) groups excluding carboxylic acids is 1. The Morgan fingerprint density at radius 3 is 2.89 bits per heavy atom. The molecule has 0 radical (unpaired) electrons. The van der Waals surface area contributed by atoms with Gasteiger partial charge in [-0.3, -0.25) is 9.59 Å². The largest absolute Gasteiger partial charge is 0.490 e.